The van der Waals surface area contributed by atoms with Crippen molar-refractivity contribution in [2.75, 3.05) is 13.6 Å². The van der Waals surface area contributed by atoms with Crippen LogP contribution in [0.3, 0.4) is 0 Å². The van der Waals surface area contributed by atoms with Gasteiger partial charge in [-0.3, -0.25) is 0 Å². The molecule has 0 aromatic heterocycles. The van der Waals surface area contributed by atoms with Crippen molar-refractivity contribution >= 4 is 0 Å². The fourth-order valence-corrected chi connectivity index (χ4v) is 3.14. The lowest BCUT2D eigenvalue weighted by atomic mass is 9.73. The van der Waals surface area contributed by atoms with Gasteiger partial charge in [0.2, 0.25) is 0 Å². The molecule has 1 saturated heterocycles. The number of hydrogen-bond acceptors (Lipinski definition) is 1. The quantitative estimate of drug-likeness (QED) is 0.536. The van der Waals surface area contributed by atoms with Gasteiger partial charge in [-0.15, -0.1) is 0 Å². The molecule has 0 amide bonds. The molecule has 1 heterocycles. The van der Waals surface area contributed by atoms with Crippen LogP contribution >= 0.6 is 0 Å². The first kappa shape index (κ1) is 8.55. The van der Waals surface area contributed by atoms with Crippen molar-refractivity contribution in [2.45, 2.75) is 45.1 Å². The van der Waals surface area contributed by atoms with E-state index in [-0.39, 0.29) is 0 Å². The van der Waals surface area contributed by atoms with Crippen LogP contribution in [0.5, 0.6) is 0 Å². The van der Waals surface area contributed by atoms with E-state index in [1.807, 2.05) is 0 Å². The van der Waals surface area contributed by atoms with Crippen LogP contribution in [0.25, 0.3) is 0 Å². The Kier molecular flexibility index (Phi) is 2.40. The lowest BCUT2D eigenvalue weighted by molar-refractivity contribution is 0.0448. The lowest BCUT2D eigenvalue weighted by Gasteiger charge is -2.45. The third-order valence-electron chi connectivity index (χ3n) is 4.02. The van der Waals surface area contributed by atoms with Gasteiger partial charge >= 0.3 is 0 Å². The summed E-state index contributed by atoms with van der Waals surface area (Å²) in [5, 5.41) is 0. The fourth-order valence-electron chi connectivity index (χ4n) is 3.14. The van der Waals surface area contributed by atoms with Crippen LogP contribution in [-0.4, -0.2) is 24.5 Å². The van der Waals surface area contributed by atoms with E-state index in [0.29, 0.717) is 0 Å². The molecule has 2 unspecified atom stereocenters. The molecule has 2 rings (SSSR count). The largest absolute Gasteiger partial charge is 0.303 e. The van der Waals surface area contributed by atoms with Crippen LogP contribution in [0.15, 0.2) is 0 Å². The summed E-state index contributed by atoms with van der Waals surface area (Å²) in [6, 6.07) is 0.933. The summed E-state index contributed by atoms with van der Waals surface area (Å²) in [6.45, 7) is 3.79. The zero-order valence-electron chi connectivity index (χ0n) is 8.42. The van der Waals surface area contributed by atoms with E-state index in [1.165, 1.54) is 38.6 Å². The van der Waals surface area contributed by atoms with Gasteiger partial charge in [-0.05, 0) is 44.7 Å². The molecule has 1 aliphatic carbocycles. The van der Waals surface area contributed by atoms with Crippen molar-refractivity contribution in [3.8, 4) is 0 Å². The van der Waals surface area contributed by atoms with E-state index in [1.54, 1.807) is 0 Å². The maximum atomic E-state index is 2.60. The number of nitrogens with zero attached hydrogens (tertiary/aromatic N) is 1. The van der Waals surface area contributed by atoms with Crippen LogP contribution in [0.2, 0.25) is 0 Å². The molecule has 1 saturated carbocycles. The average Bonchev–Trinajstić information content (AvgIpc) is 2.12. The monoisotopic (exact) mass is 167 g/mol. The number of likely N-dealkylation sites (tertiary alicyclic amines) is 1. The van der Waals surface area contributed by atoms with Crippen molar-refractivity contribution in [2.24, 2.45) is 11.8 Å². The van der Waals surface area contributed by atoms with E-state index in [0.717, 1.165) is 17.9 Å². The summed E-state index contributed by atoms with van der Waals surface area (Å²) < 4.78 is 0. The summed E-state index contributed by atoms with van der Waals surface area (Å²) in [5.74, 6) is 2.02. The molecule has 3 atom stereocenters. The van der Waals surface area contributed by atoms with E-state index < -0.39 is 0 Å². The molecule has 0 bridgehead atoms. The summed E-state index contributed by atoms with van der Waals surface area (Å²) in [6.07, 6.45) is 7.34. The summed E-state index contributed by atoms with van der Waals surface area (Å²) >= 11 is 0. The zero-order valence-corrected chi connectivity index (χ0v) is 8.42. The highest BCUT2D eigenvalue weighted by atomic mass is 15.1. The first-order valence-electron chi connectivity index (χ1n) is 5.49. The lowest BCUT2D eigenvalue weighted by Crippen LogP contribution is -2.47. The second-order valence-corrected chi connectivity index (χ2v) is 4.76. The van der Waals surface area contributed by atoms with Crippen LogP contribution in [-0.2, 0) is 0 Å². The molecule has 0 radical (unpaired) electrons. The third-order valence-corrected chi connectivity index (χ3v) is 4.02. The second kappa shape index (κ2) is 3.37. The smallest absolute Gasteiger partial charge is 0.0123 e. The Morgan fingerprint density at radius 1 is 1.08 bits per heavy atom. The molecular weight excluding hydrogens is 146 g/mol. The molecule has 2 fully saturated rings. The van der Waals surface area contributed by atoms with Gasteiger partial charge in [0.15, 0.2) is 0 Å². The third kappa shape index (κ3) is 1.39. The number of piperidine rings is 1. The standard InChI is InChI=1S/C11H21N/c1-9-7-8-12(2)11-6-4-3-5-10(9)11/h9-11H,3-8H2,1-2H3/t9-,10?,11?/m0/s1. The Bertz CT molecular complexity index is 137. The minimum absolute atomic E-state index is 0.933. The minimum atomic E-state index is 0.933. The van der Waals surface area contributed by atoms with Crippen molar-refractivity contribution in [1.29, 1.82) is 0 Å². The van der Waals surface area contributed by atoms with Gasteiger partial charge in [-0.1, -0.05) is 19.8 Å². The maximum absolute atomic E-state index is 2.60. The Hall–Kier alpha value is -0.0400. The molecule has 0 spiro atoms. The van der Waals surface area contributed by atoms with Gasteiger partial charge in [0.05, 0.1) is 0 Å². The molecular formula is C11H21N. The van der Waals surface area contributed by atoms with E-state index in [9.17, 15) is 0 Å². The van der Waals surface area contributed by atoms with Crippen LogP contribution in [0.4, 0.5) is 0 Å². The molecule has 12 heavy (non-hydrogen) atoms. The highest BCUT2D eigenvalue weighted by Gasteiger charge is 2.35. The topological polar surface area (TPSA) is 3.24 Å². The maximum Gasteiger partial charge on any atom is 0.0123 e. The Labute approximate surface area is 76.1 Å². The van der Waals surface area contributed by atoms with E-state index in [4.69, 9.17) is 0 Å². The molecule has 1 heteroatoms. The highest BCUT2D eigenvalue weighted by Crippen LogP contribution is 2.37. The van der Waals surface area contributed by atoms with Gasteiger partial charge in [0, 0.05) is 6.04 Å². The second-order valence-electron chi connectivity index (χ2n) is 4.76. The SMILES string of the molecule is C[C@H]1CCN(C)C2CCCCC21. The zero-order chi connectivity index (χ0) is 8.55. The van der Waals surface area contributed by atoms with Gasteiger partial charge in [-0.2, -0.15) is 0 Å². The summed E-state index contributed by atoms with van der Waals surface area (Å²) in [7, 11) is 2.31. The van der Waals surface area contributed by atoms with Crippen molar-refractivity contribution in [1.82, 2.24) is 4.90 Å². The first-order valence-corrected chi connectivity index (χ1v) is 5.49. The van der Waals surface area contributed by atoms with Gasteiger partial charge in [-0.25, -0.2) is 0 Å². The minimum Gasteiger partial charge on any atom is -0.303 e. The Morgan fingerprint density at radius 2 is 1.83 bits per heavy atom. The average molecular weight is 167 g/mol. The van der Waals surface area contributed by atoms with Crippen LogP contribution in [0.1, 0.15) is 39.0 Å². The number of fused-ring (bicyclic) bond motifs is 1. The van der Waals surface area contributed by atoms with Gasteiger partial charge in [0.1, 0.15) is 0 Å². The first-order chi connectivity index (χ1) is 5.79. The predicted octanol–water partition coefficient (Wildman–Crippen LogP) is 2.52. The number of hydrogen-bond donors (Lipinski definition) is 0. The van der Waals surface area contributed by atoms with Gasteiger partial charge in [0.25, 0.3) is 0 Å². The molecule has 1 nitrogen and oxygen atoms in total. The summed E-state index contributed by atoms with van der Waals surface area (Å²) in [5.41, 5.74) is 0. The Balaban J connectivity index is 2.05. The van der Waals surface area contributed by atoms with Crippen LogP contribution < -0.4 is 0 Å². The highest BCUT2D eigenvalue weighted by molar-refractivity contribution is 4.88. The normalized spacial score (nSPS) is 44.0. The van der Waals surface area contributed by atoms with E-state index >= 15 is 0 Å². The molecule has 70 valence electrons. The van der Waals surface area contributed by atoms with Gasteiger partial charge < -0.3 is 4.90 Å². The molecule has 2 aliphatic rings. The number of rotatable bonds is 0. The van der Waals surface area contributed by atoms with Crippen molar-refractivity contribution < 1.29 is 0 Å². The predicted molar refractivity (Wildman–Crippen MR) is 52.2 cm³/mol. The Morgan fingerprint density at radius 3 is 2.58 bits per heavy atom. The molecule has 0 aromatic rings. The molecule has 0 aromatic carbocycles. The summed E-state index contributed by atoms with van der Waals surface area (Å²) in [4.78, 5) is 2.60. The van der Waals surface area contributed by atoms with Crippen molar-refractivity contribution in [3.63, 3.8) is 0 Å². The van der Waals surface area contributed by atoms with Crippen LogP contribution in [0, 0.1) is 11.8 Å². The molecule has 1 aliphatic heterocycles. The van der Waals surface area contributed by atoms with E-state index in [2.05, 4.69) is 18.9 Å². The molecule has 0 N–H and O–H groups in total. The van der Waals surface area contributed by atoms with Crippen molar-refractivity contribution in [3.05, 3.63) is 0 Å². The fraction of sp³-hybridized carbons (Fsp3) is 1.00.